The number of non-ortho nitro benzene ring substituents is 1. The van der Waals surface area contributed by atoms with Gasteiger partial charge in [0.25, 0.3) is 5.69 Å². The molecule has 0 radical (unpaired) electrons. The molecule has 0 atom stereocenters. The zero-order valence-corrected chi connectivity index (χ0v) is 14.0. The number of aryl methyl sites for hydroxylation is 1. The van der Waals surface area contributed by atoms with Gasteiger partial charge >= 0.3 is 5.97 Å². The van der Waals surface area contributed by atoms with E-state index in [0.717, 1.165) is 36.0 Å². The first-order valence-electron chi connectivity index (χ1n) is 8.29. The maximum Gasteiger partial charge on any atom is 0.330 e. The van der Waals surface area contributed by atoms with Crippen molar-refractivity contribution in [3.63, 3.8) is 0 Å². The normalized spacial score (nSPS) is 14.8. The number of nitrogens with zero attached hydrogens (tertiary/aromatic N) is 1. The second-order valence-electron chi connectivity index (χ2n) is 6.02. The molecule has 0 N–H and O–H groups in total. The van der Waals surface area contributed by atoms with Crippen molar-refractivity contribution in [1.82, 2.24) is 0 Å². The highest BCUT2D eigenvalue weighted by Crippen LogP contribution is 2.30. The quantitative estimate of drug-likeness (QED) is 0.362. The molecule has 128 valence electrons. The molecule has 0 saturated heterocycles. The Kier molecular flexibility index (Phi) is 4.93. The van der Waals surface area contributed by atoms with Gasteiger partial charge in [-0.05, 0) is 60.6 Å². The summed E-state index contributed by atoms with van der Waals surface area (Å²) < 4.78 is 4.97. The largest absolute Gasteiger partial charge is 0.463 e. The molecule has 0 heterocycles. The Morgan fingerprint density at radius 3 is 2.52 bits per heavy atom. The van der Waals surface area contributed by atoms with Gasteiger partial charge in [0, 0.05) is 18.2 Å². The van der Waals surface area contributed by atoms with E-state index in [0.29, 0.717) is 6.61 Å². The third-order valence-corrected chi connectivity index (χ3v) is 4.36. The van der Waals surface area contributed by atoms with Crippen molar-refractivity contribution in [1.29, 1.82) is 0 Å². The van der Waals surface area contributed by atoms with Gasteiger partial charge in [0.15, 0.2) is 0 Å². The first kappa shape index (κ1) is 16.9. The van der Waals surface area contributed by atoms with Crippen LogP contribution in [0.2, 0.25) is 0 Å². The summed E-state index contributed by atoms with van der Waals surface area (Å²) in [6.07, 6.45) is 4.09. The van der Waals surface area contributed by atoms with Crippen molar-refractivity contribution >= 4 is 11.7 Å². The van der Waals surface area contributed by atoms with Gasteiger partial charge in [-0.25, -0.2) is 4.79 Å². The van der Waals surface area contributed by atoms with Crippen molar-refractivity contribution in [2.75, 3.05) is 6.61 Å². The SMILES string of the molecule is CCOC(=O)/C=C1\CCc2cc(-c3ccc([N+](=O)[O-])cc3)ccc2C1. The topological polar surface area (TPSA) is 69.4 Å². The number of ether oxygens (including phenoxy) is 1. The lowest BCUT2D eigenvalue weighted by atomic mass is 9.86. The smallest absolute Gasteiger partial charge is 0.330 e. The summed E-state index contributed by atoms with van der Waals surface area (Å²) in [5.74, 6) is -0.275. The van der Waals surface area contributed by atoms with Gasteiger partial charge in [0.1, 0.15) is 0 Å². The number of carbonyl (C=O) groups excluding carboxylic acids is 1. The summed E-state index contributed by atoms with van der Waals surface area (Å²) in [7, 11) is 0. The minimum atomic E-state index is -0.395. The van der Waals surface area contributed by atoms with E-state index in [4.69, 9.17) is 4.74 Å². The number of esters is 1. The van der Waals surface area contributed by atoms with Gasteiger partial charge in [0.05, 0.1) is 11.5 Å². The van der Waals surface area contributed by atoms with Crippen LogP contribution >= 0.6 is 0 Å². The van der Waals surface area contributed by atoms with E-state index in [2.05, 4.69) is 12.1 Å². The molecule has 0 saturated carbocycles. The van der Waals surface area contributed by atoms with Crippen LogP contribution in [0.25, 0.3) is 11.1 Å². The average molecular weight is 337 g/mol. The van der Waals surface area contributed by atoms with E-state index in [9.17, 15) is 14.9 Å². The van der Waals surface area contributed by atoms with Crippen LogP contribution in [-0.4, -0.2) is 17.5 Å². The van der Waals surface area contributed by atoms with E-state index >= 15 is 0 Å². The lowest BCUT2D eigenvalue weighted by Crippen LogP contribution is -2.09. The number of hydrogen-bond acceptors (Lipinski definition) is 4. The van der Waals surface area contributed by atoms with Crippen molar-refractivity contribution in [3.05, 3.63) is 75.4 Å². The molecular weight excluding hydrogens is 318 g/mol. The van der Waals surface area contributed by atoms with E-state index in [-0.39, 0.29) is 11.7 Å². The number of fused-ring (bicyclic) bond motifs is 1. The van der Waals surface area contributed by atoms with Crippen LogP contribution in [0.5, 0.6) is 0 Å². The summed E-state index contributed by atoms with van der Waals surface area (Å²) in [4.78, 5) is 22.0. The van der Waals surface area contributed by atoms with Gasteiger partial charge in [-0.2, -0.15) is 0 Å². The molecule has 0 unspecified atom stereocenters. The molecule has 2 aromatic rings. The molecule has 1 aliphatic rings. The Bertz CT molecular complexity index is 837. The highest BCUT2D eigenvalue weighted by Gasteiger charge is 2.15. The average Bonchev–Trinajstić information content (AvgIpc) is 2.61. The van der Waals surface area contributed by atoms with Gasteiger partial charge in [-0.15, -0.1) is 0 Å². The first-order chi connectivity index (χ1) is 12.1. The van der Waals surface area contributed by atoms with Gasteiger partial charge in [0.2, 0.25) is 0 Å². The zero-order valence-electron chi connectivity index (χ0n) is 14.0. The van der Waals surface area contributed by atoms with Crippen molar-refractivity contribution in [2.24, 2.45) is 0 Å². The van der Waals surface area contributed by atoms with Gasteiger partial charge < -0.3 is 4.74 Å². The second kappa shape index (κ2) is 7.30. The molecule has 2 aromatic carbocycles. The summed E-state index contributed by atoms with van der Waals surface area (Å²) in [5.41, 5.74) is 5.67. The molecule has 0 amide bonds. The predicted molar refractivity (Wildman–Crippen MR) is 95.3 cm³/mol. The number of hydrogen-bond donors (Lipinski definition) is 0. The standard InChI is InChI=1S/C20H19NO4/c1-2-25-20(22)12-14-3-4-18-13-17(6-5-16(18)11-14)15-7-9-19(10-8-15)21(23)24/h5-10,12-13H,2-4,11H2,1H3/b14-12+. The fraction of sp³-hybridized carbons (Fsp3) is 0.250. The maximum atomic E-state index is 11.6. The van der Waals surface area contributed by atoms with Crippen LogP contribution in [-0.2, 0) is 22.4 Å². The fourth-order valence-electron chi connectivity index (χ4n) is 3.09. The number of carbonyl (C=O) groups is 1. The number of nitro benzene ring substituents is 1. The third-order valence-electron chi connectivity index (χ3n) is 4.36. The number of nitro groups is 1. The molecule has 3 rings (SSSR count). The van der Waals surface area contributed by atoms with E-state index < -0.39 is 4.92 Å². The maximum absolute atomic E-state index is 11.6. The Labute approximate surface area is 146 Å². The lowest BCUT2D eigenvalue weighted by molar-refractivity contribution is -0.384. The molecule has 0 aliphatic heterocycles. The molecule has 0 bridgehead atoms. The summed E-state index contributed by atoms with van der Waals surface area (Å²) in [6.45, 7) is 2.18. The van der Waals surface area contributed by atoms with Crippen molar-refractivity contribution in [2.45, 2.75) is 26.2 Å². The Balaban J connectivity index is 1.80. The molecule has 25 heavy (non-hydrogen) atoms. The van der Waals surface area contributed by atoms with Crippen LogP contribution in [0, 0.1) is 10.1 Å². The molecule has 0 fully saturated rings. The van der Waals surface area contributed by atoms with E-state index in [1.54, 1.807) is 25.1 Å². The summed E-state index contributed by atoms with van der Waals surface area (Å²) in [5, 5.41) is 10.8. The second-order valence-corrected chi connectivity index (χ2v) is 6.02. The number of rotatable bonds is 4. The monoisotopic (exact) mass is 337 g/mol. The minimum Gasteiger partial charge on any atom is -0.463 e. The van der Waals surface area contributed by atoms with Gasteiger partial charge in [-0.3, -0.25) is 10.1 Å². The highest BCUT2D eigenvalue weighted by molar-refractivity contribution is 5.83. The van der Waals surface area contributed by atoms with Crippen molar-refractivity contribution in [3.8, 4) is 11.1 Å². The van der Waals surface area contributed by atoms with Crippen LogP contribution in [0.15, 0.2) is 54.1 Å². The molecule has 0 spiro atoms. The van der Waals surface area contributed by atoms with Crippen LogP contribution in [0.4, 0.5) is 5.69 Å². The lowest BCUT2D eigenvalue weighted by Gasteiger charge is -2.19. The Hall–Kier alpha value is -2.95. The fourth-order valence-corrected chi connectivity index (χ4v) is 3.09. The summed E-state index contributed by atoms with van der Waals surface area (Å²) in [6, 6.07) is 12.8. The zero-order chi connectivity index (χ0) is 17.8. The van der Waals surface area contributed by atoms with E-state index in [1.165, 1.54) is 23.3 Å². The molecule has 1 aliphatic carbocycles. The summed E-state index contributed by atoms with van der Waals surface area (Å²) >= 11 is 0. The molecule has 0 aromatic heterocycles. The Morgan fingerprint density at radius 2 is 1.84 bits per heavy atom. The predicted octanol–water partition coefficient (Wildman–Crippen LogP) is 4.24. The minimum absolute atomic E-state index is 0.0930. The van der Waals surface area contributed by atoms with Crippen LogP contribution in [0.1, 0.15) is 24.5 Å². The van der Waals surface area contributed by atoms with Crippen LogP contribution < -0.4 is 0 Å². The highest BCUT2D eigenvalue weighted by atomic mass is 16.6. The van der Waals surface area contributed by atoms with Crippen LogP contribution in [0.3, 0.4) is 0 Å². The molecule has 5 nitrogen and oxygen atoms in total. The third kappa shape index (κ3) is 3.94. The first-order valence-corrected chi connectivity index (χ1v) is 8.29. The molecular formula is C20H19NO4. The number of allylic oxidation sites excluding steroid dienone is 1. The van der Waals surface area contributed by atoms with E-state index in [1.807, 2.05) is 6.07 Å². The van der Waals surface area contributed by atoms with Gasteiger partial charge in [-0.1, -0.05) is 23.8 Å². The van der Waals surface area contributed by atoms with Crippen molar-refractivity contribution < 1.29 is 14.5 Å². The Morgan fingerprint density at radius 1 is 1.12 bits per heavy atom. The number of benzene rings is 2. The molecule has 5 heteroatoms.